The van der Waals surface area contributed by atoms with E-state index in [0.29, 0.717) is 40.9 Å². The summed E-state index contributed by atoms with van der Waals surface area (Å²) < 4.78 is 11.4. The zero-order chi connectivity index (χ0) is 23.2. The van der Waals surface area contributed by atoms with E-state index < -0.39 is 0 Å². The summed E-state index contributed by atoms with van der Waals surface area (Å²) in [7, 11) is 0. The van der Waals surface area contributed by atoms with E-state index in [4.69, 9.17) is 21.1 Å². The average Bonchev–Trinajstić information content (AvgIpc) is 2.80. The molecule has 2 amide bonds. The number of halogens is 1. The molecular weight excluding hydrogens is 440 g/mol. The molecule has 0 aromatic heterocycles. The van der Waals surface area contributed by atoms with Gasteiger partial charge in [-0.15, -0.1) is 0 Å². The molecule has 0 fully saturated rings. The summed E-state index contributed by atoms with van der Waals surface area (Å²) in [6, 6.07) is 20.0. The fraction of sp³-hybridized carbons (Fsp3) is 0.231. The molecule has 3 aromatic carbocycles. The Hall–Kier alpha value is -3.51. The summed E-state index contributed by atoms with van der Waals surface area (Å²) in [5.41, 5.74) is 2.83. The second-order valence-electron chi connectivity index (χ2n) is 7.85. The molecule has 0 spiro atoms. The van der Waals surface area contributed by atoms with Crippen molar-refractivity contribution in [3.8, 4) is 11.5 Å². The summed E-state index contributed by atoms with van der Waals surface area (Å²) >= 11 is 5.98. The first-order valence-electron chi connectivity index (χ1n) is 10.8. The monoisotopic (exact) mass is 464 g/mol. The highest BCUT2D eigenvalue weighted by atomic mass is 35.5. The number of amides is 2. The van der Waals surface area contributed by atoms with Crippen molar-refractivity contribution in [2.45, 2.75) is 19.8 Å². The summed E-state index contributed by atoms with van der Waals surface area (Å²) in [6.45, 7) is 3.14. The highest BCUT2D eigenvalue weighted by molar-refractivity contribution is 6.31. The number of aryl methyl sites for hydroxylation is 1. The maximum Gasteiger partial charge on any atom is 0.265 e. The van der Waals surface area contributed by atoms with Crippen LogP contribution in [0, 0.1) is 6.92 Å². The first-order valence-corrected chi connectivity index (χ1v) is 11.2. The minimum absolute atomic E-state index is 0.00100. The fourth-order valence-corrected chi connectivity index (χ4v) is 3.82. The molecule has 1 heterocycles. The van der Waals surface area contributed by atoms with Gasteiger partial charge in [0.25, 0.3) is 11.8 Å². The molecule has 170 valence electrons. The lowest BCUT2D eigenvalue weighted by molar-refractivity contribution is -0.121. The van der Waals surface area contributed by atoms with Crippen molar-refractivity contribution in [3.63, 3.8) is 0 Å². The molecule has 1 aliphatic rings. The number of rotatable bonds is 8. The van der Waals surface area contributed by atoms with Crippen LogP contribution in [0.5, 0.6) is 11.5 Å². The first kappa shape index (κ1) is 22.7. The summed E-state index contributed by atoms with van der Waals surface area (Å²) in [4.78, 5) is 26.8. The van der Waals surface area contributed by atoms with Crippen molar-refractivity contribution in [2.75, 3.05) is 30.0 Å². The van der Waals surface area contributed by atoms with Crippen LogP contribution in [0.25, 0.3) is 0 Å². The number of anilines is 2. The van der Waals surface area contributed by atoms with Crippen LogP contribution in [0.1, 0.15) is 28.8 Å². The maximum absolute atomic E-state index is 12.6. The lowest BCUT2D eigenvalue weighted by atomic mass is 10.1. The molecule has 0 aliphatic carbocycles. The van der Waals surface area contributed by atoms with Crippen LogP contribution in [0.3, 0.4) is 0 Å². The minimum atomic E-state index is -0.277. The number of benzene rings is 3. The lowest BCUT2D eigenvalue weighted by Gasteiger charge is -2.30. The van der Waals surface area contributed by atoms with Gasteiger partial charge in [0.1, 0.15) is 11.5 Å². The van der Waals surface area contributed by atoms with Gasteiger partial charge in [-0.25, -0.2) is 0 Å². The Morgan fingerprint density at radius 3 is 2.76 bits per heavy atom. The Morgan fingerprint density at radius 2 is 1.94 bits per heavy atom. The van der Waals surface area contributed by atoms with Crippen LogP contribution < -0.4 is 19.7 Å². The molecule has 0 saturated carbocycles. The number of carbonyl (C=O) groups excluding carboxylic acids is 2. The molecule has 0 bridgehead atoms. The van der Waals surface area contributed by atoms with Gasteiger partial charge in [0.05, 0.1) is 12.3 Å². The molecule has 4 rings (SSSR count). The van der Waals surface area contributed by atoms with E-state index in [1.807, 2.05) is 31.2 Å². The van der Waals surface area contributed by atoms with Crippen molar-refractivity contribution in [2.24, 2.45) is 0 Å². The molecule has 6 nitrogen and oxygen atoms in total. The van der Waals surface area contributed by atoms with Crippen molar-refractivity contribution < 1.29 is 19.1 Å². The zero-order valence-corrected chi connectivity index (χ0v) is 19.1. The Labute approximate surface area is 198 Å². The second-order valence-corrected chi connectivity index (χ2v) is 8.29. The SMILES string of the molecule is Cc1cccc(OCCCCN2C(=O)COc3ccc(NC(=O)c4cccc(Cl)c4)cc32)c1. The molecule has 0 saturated heterocycles. The van der Waals surface area contributed by atoms with Crippen LogP contribution in [-0.4, -0.2) is 31.6 Å². The van der Waals surface area contributed by atoms with Gasteiger partial charge in [0.2, 0.25) is 0 Å². The van der Waals surface area contributed by atoms with Crippen molar-refractivity contribution in [1.82, 2.24) is 0 Å². The number of carbonyl (C=O) groups is 2. The third kappa shape index (κ3) is 5.84. The number of nitrogens with one attached hydrogen (secondary N) is 1. The normalized spacial score (nSPS) is 12.7. The van der Waals surface area contributed by atoms with E-state index in [1.165, 1.54) is 0 Å². The zero-order valence-electron chi connectivity index (χ0n) is 18.3. The fourth-order valence-electron chi connectivity index (χ4n) is 3.63. The molecule has 3 aromatic rings. The number of hydrogen-bond donors (Lipinski definition) is 1. The van der Waals surface area contributed by atoms with Crippen LogP contribution in [0.15, 0.2) is 66.7 Å². The molecule has 33 heavy (non-hydrogen) atoms. The summed E-state index contributed by atoms with van der Waals surface area (Å²) in [5, 5.41) is 3.35. The number of fused-ring (bicyclic) bond motifs is 1. The number of ether oxygens (including phenoxy) is 2. The second kappa shape index (κ2) is 10.4. The molecule has 1 N–H and O–H groups in total. The van der Waals surface area contributed by atoms with Gasteiger partial charge in [-0.3, -0.25) is 9.59 Å². The van der Waals surface area contributed by atoms with Crippen LogP contribution in [0.4, 0.5) is 11.4 Å². The quantitative estimate of drug-likeness (QED) is 0.448. The average molecular weight is 465 g/mol. The van der Waals surface area contributed by atoms with Gasteiger partial charge in [-0.1, -0.05) is 29.8 Å². The predicted molar refractivity (Wildman–Crippen MR) is 130 cm³/mol. The lowest BCUT2D eigenvalue weighted by Crippen LogP contribution is -2.39. The van der Waals surface area contributed by atoms with E-state index in [9.17, 15) is 9.59 Å². The van der Waals surface area contributed by atoms with Gasteiger partial charge >= 0.3 is 0 Å². The molecular formula is C26H25ClN2O4. The molecule has 7 heteroatoms. The standard InChI is InChI=1S/C26H25ClN2O4/c1-18-6-4-9-22(14-18)32-13-3-2-12-29-23-16-21(10-11-24(23)33-17-25(29)30)28-26(31)19-7-5-8-20(27)15-19/h4-11,14-16H,2-3,12-13,17H2,1H3,(H,28,31). The number of hydrogen-bond acceptors (Lipinski definition) is 4. The summed E-state index contributed by atoms with van der Waals surface area (Å²) in [6.07, 6.45) is 1.58. The summed E-state index contributed by atoms with van der Waals surface area (Å²) in [5.74, 6) is 1.08. The highest BCUT2D eigenvalue weighted by Crippen LogP contribution is 2.35. The predicted octanol–water partition coefficient (Wildman–Crippen LogP) is 5.49. The highest BCUT2D eigenvalue weighted by Gasteiger charge is 2.25. The molecule has 0 unspecified atom stereocenters. The number of unbranched alkanes of at least 4 members (excludes halogenated alkanes) is 1. The molecule has 1 aliphatic heterocycles. The van der Waals surface area contributed by atoms with E-state index in [-0.39, 0.29) is 18.4 Å². The number of nitrogens with zero attached hydrogens (tertiary/aromatic N) is 1. The third-order valence-corrected chi connectivity index (χ3v) is 5.52. The Bertz CT molecular complexity index is 1160. The van der Waals surface area contributed by atoms with Crippen LogP contribution >= 0.6 is 11.6 Å². The van der Waals surface area contributed by atoms with Gasteiger partial charge in [0.15, 0.2) is 6.61 Å². The Balaban J connectivity index is 1.37. The largest absolute Gasteiger partial charge is 0.494 e. The van der Waals surface area contributed by atoms with Gasteiger partial charge in [0, 0.05) is 22.8 Å². The smallest absolute Gasteiger partial charge is 0.265 e. The van der Waals surface area contributed by atoms with Gasteiger partial charge < -0.3 is 19.7 Å². The van der Waals surface area contributed by atoms with Gasteiger partial charge in [-0.2, -0.15) is 0 Å². The van der Waals surface area contributed by atoms with Crippen LogP contribution in [-0.2, 0) is 4.79 Å². The van der Waals surface area contributed by atoms with Gasteiger partial charge in [-0.05, 0) is 73.9 Å². The van der Waals surface area contributed by atoms with E-state index in [0.717, 1.165) is 24.2 Å². The minimum Gasteiger partial charge on any atom is -0.494 e. The van der Waals surface area contributed by atoms with Crippen molar-refractivity contribution in [3.05, 3.63) is 82.9 Å². The Morgan fingerprint density at radius 1 is 1.09 bits per heavy atom. The first-order chi connectivity index (χ1) is 16.0. The van der Waals surface area contributed by atoms with Crippen molar-refractivity contribution in [1.29, 1.82) is 0 Å². The Kier molecular flexibility index (Phi) is 7.15. The van der Waals surface area contributed by atoms with E-state index in [1.54, 1.807) is 47.4 Å². The maximum atomic E-state index is 12.6. The molecule has 0 radical (unpaired) electrons. The van der Waals surface area contributed by atoms with Crippen LogP contribution in [0.2, 0.25) is 5.02 Å². The topological polar surface area (TPSA) is 67.9 Å². The third-order valence-electron chi connectivity index (χ3n) is 5.28. The van der Waals surface area contributed by atoms with E-state index >= 15 is 0 Å². The van der Waals surface area contributed by atoms with E-state index in [2.05, 4.69) is 5.32 Å². The molecule has 0 atom stereocenters. The van der Waals surface area contributed by atoms with Crippen molar-refractivity contribution >= 4 is 34.8 Å².